The summed E-state index contributed by atoms with van der Waals surface area (Å²) >= 11 is 0. The van der Waals surface area contributed by atoms with Gasteiger partial charge in [0.25, 0.3) is 0 Å². The molecule has 1 N–H and O–H groups in total. The fraction of sp³-hybridized carbons (Fsp3) is 0.500. The molecule has 0 saturated heterocycles. The molecule has 2 unspecified atom stereocenters. The van der Waals surface area contributed by atoms with Crippen molar-refractivity contribution in [3.63, 3.8) is 0 Å². The molecular formula is C16H21N3. The minimum absolute atomic E-state index is 0.544. The van der Waals surface area contributed by atoms with E-state index in [9.17, 15) is 0 Å². The Hall–Kier alpha value is -1.64. The summed E-state index contributed by atoms with van der Waals surface area (Å²) in [6.45, 7) is 4.37. The molecule has 1 saturated carbocycles. The third-order valence-corrected chi connectivity index (χ3v) is 4.18. The average Bonchev–Trinajstić information content (AvgIpc) is 2.42. The summed E-state index contributed by atoms with van der Waals surface area (Å²) in [6.07, 6.45) is 5.25. The Bertz CT molecular complexity index is 579. The number of hydrogen-bond acceptors (Lipinski definition) is 3. The molecule has 1 aromatic carbocycles. The first kappa shape index (κ1) is 12.4. The molecule has 2 atom stereocenters. The van der Waals surface area contributed by atoms with Crippen molar-refractivity contribution in [2.45, 2.75) is 45.6 Å². The van der Waals surface area contributed by atoms with Gasteiger partial charge in [-0.25, -0.2) is 9.97 Å². The van der Waals surface area contributed by atoms with Crippen LogP contribution in [-0.2, 0) is 0 Å². The molecule has 0 radical (unpaired) electrons. The van der Waals surface area contributed by atoms with Gasteiger partial charge in [-0.05, 0) is 37.8 Å². The second-order valence-corrected chi connectivity index (χ2v) is 5.66. The molecule has 1 fully saturated rings. The Morgan fingerprint density at radius 3 is 2.47 bits per heavy atom. The second-order valence-electron chi connectivity index (χ2n) is 5.66. The average molecular weight is 255 g/mol. The molecule has 0 bridgehead atoms. The summed E-state index contributed by atoms with van der Waals surface area (Å²) in [5, 5.41) is 3.62. The predicted octanol–water partition coefficient (Wildman–Crippen LogP) is 3.93. The summed E-state index contributed by atoms with van der Waals surface area (Å²) < 4.78 is 0. The Balaban J connectivity index is 1.89. The van der Waals surface area contributed by atoms with Crippen LogP contribution in [-0.4, -0.2) is 16.0 Å². The minimum atomic E-state index is 0.544. The molecule has 0 amide bonds. The van der Waals surface area contributed by atoms with E-state index < -0.39 is 0 Å². The number of benzene rings is 1. The maximum absolute atomic E-state index is 4.73. The molecule has 1 heterocycles. The highest BCUT2D eigenvalue weighted by molar-refractivity contribution is 5.76. The summed E-state index contributed by atoms with van der Waals surface area (Å²) in [5.74, 6) is 1.68. The fourth-order valence-electron chi connectivity index (χ4n) is 2.93. The van der Waals surface area contributed by atoms with Crippen LogP contribution in [0.25, 0.3) is 11.0 Å². The van der Waals surface area contributed by atoms with Crippen LogP contribution in [0.15, 0.2) is 24.3 Å². The first-order valence-electron chi connectivity index (χ1n) is 7.24. The highest BCUT2D eigenvalue weighted by atomic mass is 15.0. The Morgan fingerprint density at radius 2 is 1.74 bits per heavy atom. The van der Waals surface area contributed by atoms with Crippen LogP contribution in [0.5, 0.6) is 0 Å². The van der Waals surface area contributed by atoms with Gasteiger partial charge in [-0.3, -0.25) is 0 Å². The standard InChI is InChI=1S/C16H21N3/c1-11-7-3-4-8-13(11)18-16-12(2)17-14-9-5-6-10-15(14)19-16/h5-6,9-11,13H,3-4,7-8H2,1-2H3,(H,18,19). The SMILES string of the molecule is Cc1nc2ccccc2nc1NC1CCCCC1C. The van der Waals surface area contributed by atoms with Crippen molar-refractivity contribution in [3.05, 3.63) is 30.0 Å². The van der Waals surface area contributed by atoms with E-state index >= 15 is 0 Å². The Morgan fingerprint density at radius 1 is 1.05 bits per heavy atom. The van der Waals surface area contributed by atoms with Gasteiger partial charge in [0.2, 0.25) is 0 Å². The van der Waals surface area contributed by atoms with Gasteiger partial charge in [0, 0.05) is 6.04 Å². The van der Waals surface area contributed by atoms with E-state index in [-0.39, 0.29) is 0 Å². The lowest BCUT2D eigenvalue weighted by Gasteiger charge is -2.30. The minimum Gasteiger partial charge on any atom is -0.366 e. The van der Waals surface area contributed by atoms with E-state index in [0.717, 1.165) is 28.5 Å². The normalized spacial score (nSPS) is 23.5. The Labute approximate surface area is 114 Å². The maximum Gasteiger partial charge on any atom is 0.148 e. The van der Waals surface area contributed by atoms with Gasteiger partial charge in [-0.15, -0.1) is 0 Å². The lowest BCUT2D eigenvalue weighted by molar-refractivity contribution is 0.349. The van der Waals surface area contributed by atoms with Crippen molar-refractivity contribution < 1.29 is 0 Å². The van der Waals surface area contributed by atoms with Crippen molar-refractivity contribution in [2.75, 3.05) is 5.32 Å². The highest BCUT2D eigenvalue weighted by Crippen LogP contribution is 2.27. The van der Waals surface area contributed by atoms with Crippen LogP contribution in [0.1, 0.15) is 38.3 Å². The lowest BCUT2D eigenvalue weighted by atomic mass is 9.86. The molecule has 2 aromatic rings. The zero-order valence-corrected chi connectivity index (χ0v) is 11.7. The molecule has 1 aromatic heterocycles. The summed E-state index contributed by atoms with van der Waals surface area (Å²) in [5.41, 5.74) is 2.94. The molecule has 3 nitrogen and oxygen atoms in total. The van der Waals surface area contributed by atoms with Crippen LogP contribution in [0, 0.1) is 12.8 Å². The largest absolute Gasteiger partial charge is 0.366 e. The number of rotatable bonds is 2. The molecule has 0 aliphatic heterocycles. The predicted molar refractivity (Wildman–Crippen MR) is 79.3 cm³/mol. The zero-order chi connectivity index (χ0) is 13.2. The Kier molecular flexibility index (Phi) is 3.36. The van der Waals surface area contributed by atoms with E-state index in [0.29, 0.717) is 6.04 Å². The summed E-state index contributed by atoms with van der Waals surface area (Å²) in [4.78, 5) is 9.37. The van der Waals surface area contributed by atoms with Gasteiger partial charge >= 0.3 is 0 Å². The van der Waals surface area contributed by atoms with Crippen molar-refractivity contribution in [3.8, 4) is 0 Å². The van der Waals surface area contributed by atoms with Crippen LogP contribution < -0.4 is 5.32 Å². The van der Waals surface area contributed by atoms with Crippen molar-refractivity contribution >= 4 is 16.9 Å². The molecular weight excluding hydrogens is 234 g/mol. The topological polar surface area (TPSA) is 37.8 Å². The van der Waals surface area contributed by atoms with E-state index in [2.05, 4.69) is 17.2 Å². The summed E-state index contributed by atoms with van der Waals surface area (Å²) in [6, 6.07) is 8.61. The van der Waals surface area contributed by atoms with Crippen molar-refractivity contribution in [1.82, 2.24) is 9.97 Å². The third-order valence-electron chi connectivity index (χ3n) is 4.18. The number of para-hydroxylation sites is 2. The molecule has 19 heavy (non-hydrogen) atoms. The number of aryl methyl sites for hydroxylation is 1. The van der Waals surface area contributed by atoms with Crippen molar-refractivity contribution in [2.24, 2.45) is 5.92 Å². The van der Waals surface area contributed by atoms with Crippen LogP contribution >= 0.6 is 0 Å². The molecule has 3 heteroatoms. The third kappa shape index (κ3) is 2.55. The molecule has 100 valence electrons. The van der Waals surface area contributed by atoms with Crippen LogP contribution in [0.4, 0.5) is 5.82 Å². The first-order chi connectivity index (χ1) is 9.24. The first-order valence-corrected chi connectivity index (χ1v) is 7.24. The highest BCUT2D eigenvalue weighted by Gasteiger charge is 2.22. The van der Waals surface area contributed by atoms with Crippen LogP contribution in [0.2, 0.25) is 0 Å². The van der Waals surface area contributed by atoms with Crippen LogP contribution in [0.3, 0.4) is 0 Å². The number of nitrogens with one attached hydrogen (secondary N) is 1. The van der Waals surface area contributed by atoms with Crippen molar-refractivity contribution in [1.29, 1.82) is 0 Å². The molecule has 0 spiro atoms. The number of aromatic nitrogens is 2. The lowest BCUT2D eigenvalue weighted by Crippen LogP contribution is -2.31. The smallest absolute Gasteiger partial charge is 0.148 e. The second kappa shape index (κ2) is 5.16. The molecule has 1 aliphatic rings. The van der Waals surface area contributed by atoms with Gasteiger partial charge in [-0.1, -0.05) is 31.9 Å². The fourth-order valence-corrected chi connectivity index (χ4v) is 2.93. The van der Waals surface area contributed by atoms with E-state index in [1.54, 1.807) is 0 Å². The quantitative estimate of drug-likeness (QED) is 0.883. The number of anilines is 1. The van der Waals surface area contributed by atoms with Gasteiger partial charge in [-0.2, -0.15) is 0 Å². The van der Waals surface area contributed by atoms with Gasteiger partial charge in [0.15, 0.2) is 0 Å². The summed E-state index contributed by atoms with van der Waals surface area (Å²) in [7, 11) is 0. The van der Waals surface area contributed by atoms with Gasteiger partial charge in [0.05, 0.1) is 16.7 Å². The van der Waals surface area contributed by atoms with E-state index in [1.807, 2.05) is 31.2 Å². The number of hydrogen-bond donors (Lipinski definition) is 1. The van der Waals surface area contributed by atoms with Gasteiger partial charge in [0.1, 0.15) is 5.82 Å². The number of fused-ring (bicyclic) bond motifs is 1. The zero-order valence-electron chi connectivity index (χ0n) is 11.7. The molecule has 1 aliphatic carbocycles. The van der Waals surface area contributed by atoms with Gasteiger partial charge < -0.3 is 5.32 Å². The molecule has 3 rings (SSSR count). The maximum atomic E-state index is 4.73. The monoisotopic (exact) mass is 255 g/mol. The van der Waals surface area contributed by atoms with E-state index in [4.69, 9.17) is 4.98 Å². The van der Waals surface area contributed by atoms with E-state index in [1.165, 1.54) is 25.7 Å². The number of nitrogens with zero attached hydrogens (tertiary/aromatic N) is 2.